The van der Waals surface area contributed by atoms with Gasteiger partial charge in [0.2, 0.25) is 11.8 Å². The Morgan fingerprint density at radius 3 is 2.55 bits per heavy atom. The number of piperidine rings is 1. The summed E-state index contributed by atoms with van der Waals surface area (Å²) in [5, 5.41) is 4.41. The number of benzene rings is 1. The third-order valence-corrected chi connectivity index (χ3v) is 5.61. The van der Waals surface area contributed by atoms with E-state index in [1.165, 1.54) is 0 Å². The van der Waals surface area contributed by atoms with Crippen molar-refractivity contribution in [1.29, 1.82) is 0 Å². The van der Waals surface area contributed by atoms with Crippen molar-refractivity contribution in [3.63, 3.8) is 0 Å². The summed E-state index contributed by atoms with van der Waals surface area (Å²) in [5.41, 5.74) is 2.74. The molecule has 29 heavy (non-hydrogen) atoms. The van der Waals surface area contributed by atoms with E-state index in [0.717, 1.165) is 60.3 Å². The summed E-state index contributed by atoms with van der Waals surface area (Å²) in [6, 6.07) is 13.7. The van der Waals surface area contributed by atoms with E-state index in [-0.39, 0.29) is 5.91 Å². The molecular formula is C23H27N3O3. The number of carbonyl (C=O) groups is 1. The average Bonchev–Trinajstić information content (AvgIpc) is 3.39. The van der Waals surface area contributed by atoms with Crippen LogP contribution in [0.1, 0.15) is 38.0 Å². The van der Waals surface area contributed by atoms with Crippen molar-refractivity contribution in [1.82, 2.24) is 10.1 Å². The van der Waals surface area contributed by atoms with Gasteiger partial charge in [0.25, 0.3) is 0 Å². The first-order valence-corrected chi connectivity index (χ1v) is 10.2. The highest BCUT2D eigenvalue weighted by molar-refractivity contribution is 5.75. The topological polar surface area (TPSA) is 62.7 Å². The molecule has 0 unspecified atom stereocenters. The summed E-state index contributed by atoms with van der Waals surface area (Å²) in [7, 11) is 0. The molecular weight excluding hydrogens is 366 g/mol. The highest BCUT2D eigenvalue weighted by atomic mass is 16.5. The molecule has 3 aromatic rings. The molecule has 0 spiro atoms. The van der Waals surface area contributed by atoms with E-state index in [0.29, 0.717) is 13.1 Å². The number of furan rings is 1. The van der Waals surface area contributed by atoms with Crippen molar-refractivity contribution in [2.45, 2.75) is 39.8 Å². The van der Waals surface area contributed by atoms with E-state index in [4.69, 9.17) is 8.94 Å². The number of carbonyl (C=O) groups excluding carboxylic acids is 1. The Kier molecular flexibility index (Phi) is 5.69. The summed E-state index contributed by atoms with van der Waals surface area (Å²) in [6.07, 6.45) is 3.88. The second kappa shape index (κ2) is 8.55. The molecule has 1 aliphatic rings. The Labute approximate surface area is 171 Å². The summed E-state index contributed by atoms with van der Waals surface area (Å²) < 4.78 is 11.3. The molecule has 0 radical (unpaired) electrons. The molecule has 1 aliphatic heterocycles. The second-order valence-electron chi connectivity index (χ2n) is 7.80. The molecule has 0 N–H and O–H groups in total. The maximum Gasteiger partial charge on any atom is 0.232 e. The maximum atomic E-state index is 12.4. The summed E-state index contributed by atoms with van der Waals surface area (Å²) in [6.45, 7) is 6.59. The quantitative estimate of drug-likeness (QED) is 0.606. The second-order valence-corrected chi connectivity index (χ2v) is 7.80. The summed E-state index contributed by atoms with van der Waals surface area (Å²) in [5.74, 6) is 2.24. The standard InChI is InChI=1S/C23H27N3O3/c1-17-10-12-25(13-11-17)23-21(22(24-29-23)19-7-4-3-5-8-19)16-26(18(2)27)15-20-9-6-14-28-20/h3-9,14,17H,10-13,15-16H2,1-2H3. The SMILES string of the molecule is CC(=O)N(Cc1ccco1)Cc1c(-c2ccccc2)noc1N1CCC(C)CC1. The predicted molar refractivity (Wildman–Crippen MR) is 111 cm³/mol. The molecule has 2 aromatic heterocycles. The Bertz CT molecular complexity index is 926. The normalized spacial score (nSPS) is 14.9. The zero-order chi connectivity index (χ0) is 20.2. The predicted octanol–water partition coefficient (Wildman–Crippen LogP) is 4.72. The lowest BCUT2D eigenvalue weighted by Gasteiger charge is -2.31. The van der Waals surface area contributed by atoms with Crippen LogP contribution in [0.5, 0.6) is 0 Å². The van der Waals surface area contributed by atoms with Crippen LogP contribution < -0.4 is 4.90 Å². The van der Waals surface area contributed by atoms with Gasteiger partial charge >= 0.3 is 0 Å². The third kappa shape index (κ3) is 4.36. The monoisotopic (exact) mass is 393 g/mol. The molecule has 152 valence electrons. The van der Waals surface area contributed by atoms with E-state index < -0.39 is 0 Å². The lowest BCUT2D eigenvalue weighted by Crippen LogP contribution is -2.34. The molecule has 0 bridgehead atoms. The maximum absolute atomic E-state index is 12.4. The van der Waals surface area contributed by atoms with E-state index in [1.807, 2.05) is 42.5 Å². The Morgan fingerprint density at radius 1 is 1.14 bits per heavy atom. The van der Waals surface area contributed by atoms with E-state index in [1.54, 1.807) is 18.1 Å². The number of aromatic nitrogens is 1. The van der Waals surface area contributed by atoms with Gasteiger partial charge in [-0.2, -0.15) is 0 Å². The van der Waals surface area contributed by atoms with Gasteiger partial charge in [-0.3, -0.25) is 4.79 Å². The fraction of sp³-hybridized carbons (Fsp3) is 0.391. The van der Waals surface area contributed by atoms with Gasteiger partial charge in [0.05, 0.1) is 24.9 Å². The highest BCUT2D eigenvalue weighted by Crippen LogP contribution is 2.34. The van der Waals surface area contributed by atoms with Crippen LogP contribution >= 0.6 is 0 Å². The first-order valence-electron chi connectivity index (χ1n) is 10.2. The fourth-order valence-electron chi connectivity index (χ4n) is 3.79. The minimum absolute atomic E-state index is 0.0140. The number of nitrogens with zero attached hydrogens (tertiary/aromatic N) is 3. The number of anilines is 1. The van der Waals surface area contributed by atoms with Gasteiger partial charge in [-0.05, 0) is 30.9 Å². The summed E-state index contributed by atoms with van der Waals surface area (Å²) in [4.78, 5) is 16.4. The minimum Gasteiger partial charge on any atom is -0.467 e. The lowest BCUT2D eigenvalue weighted by atomic mass is 9.98. The summed E-state index contributed by atoms with van der Waals surface area (Å²) >= 11 is 0. The largest absolute Gasteiger partial charge is 0.467 e. The number of rotatable bonds is 6. The van der Waals surface area contributed by atoms with Crippen LogP contribution in [0.2, 0.25) is 0 Å². The van der Waals surface area contributed by atoms with Gasteiger partial charge in [0, 0.05) is 25.6 Å². The average molecular weight is 393 g/mol. The fourth-order valence-corrected chi connectivity index (χ4v) is 3.79. The zero-order valence-electron chi connectivity index (χ0n) is 17.0. The molecule has 3 heterocycles. The first kappa shape index (κ1) is 19.3. The van der Waals surface area contributed by atoms with E-state index in [9.17, 15) is 4.79 Å². The Balaban J connectivity index is 1.68. The highest BCUT2D eigenvalue weighted by Gasteiger charge is 2.27. The van der Waals surface area contributed by atoms with Crippen molar-refractivity contribution < 1.29 is 13.7 Å². The van der Waals surface area contributed by atoms with Crippen LogP contribution in [-0.4, -0.2) is 29.1 Å². The molecule has 6 heteroatoms. The molecule has 4 rings (SSSR count). The Hall–Kier alpha value is -3.02. The van der Waals surface area contributed by atoms with Gasteiger partial charge < -0.3 is 18.7 Å². The van der Waals surface area contributed by atoms with E-state index in [2.05, 4.69) is 17.0 Å². The van der Waals surface area contributed by atoms with Crippen molar-refractivity contribution in [2.24, 2.45) is 5.92 Å². The number of hydrogen-bond acceptors (Lipinski definition) is 5. The van der Waals surface area contributed by atoms with Crippen LogP contribution in [0, 0.1) is 5.92 Å². The van der Waals surface area contributed by atoms with Gasteiger partial charge in [0.15, 0.2) is 0 Å². The van der Waals surface area contributed by atoms with Gasteiger partial charge in [-0.15, -0.1) is 0 Å². The van der Waals surface area contributed by atoms with Crippen molar-refractivity contribution in [3.05, 3.63) is 60.1 Å². The lowest BCUT2D eigenvalue weighted by molar-refractivity contribution is -0.130. The third-order valence-electron chi connectivity index (χ3n) is 5.61. The van der Waals surface area contributed by atoms with Crippen molar-refractivity contribution in [2.75, 3.05) is 18.0 Å². The van der Waals surface area contributed by atoms with Gasteiger partial charge in [0.1, 0.15) is 11.5 Å². The van der Waals surface area contributed by atoms with E-state index >= 15 is 0 Å². The number of amides is 1. The van der Waals surface area contributed by atoms with Crippen LogP contribution in [0.25, 0.3) is 11.3 Å². The molecule has 6 nitrogen and oxygen atoms in total. The first-order chi connectivity index (χ1) is 14.1. The molecule has 0 aliphatic carbocycles. The van der Waals surface area contributed by atoms with Crippen molar-refractivity contribution in [3.8, 4) is 11.3 Å². The molecule has 1 saturated heterocycles. The van der Waals surface area contributed by atoms with Crippen LogP contribution in [0.15, 0.2) is 57.7 Å². The number of hydrogen-bond donors (Lipinski definition) is 0. The van der Waals surface area contributed by atoms with Crippen LogP contribution in [0.3, 0.4) is 0 Å². The van der Waals surface area contributed by atoms with Gasteiger partial charge in [-0.1, -0.05) is 42.4 Å². The van der Waals surface area contributed by atoms with Gasteiger partial charge in [-0.25, -0.2) is 0 Å². The zero-order valence-corrected chi connectivity index (χ0v) is 17.0. The van der Waals surface area contributed by atoms with Crippen LogP contribution in [0.4, 0.5) is 5.88 Å². The molecule has 1 fully saturated rings. The van der Waals surface area contributed by atoms with Crippen molar-refractivity contribution >= 4 is 11.8 Å². The molecule has 0 saturated carbocycles. The smallest absolute Gasteiger partial charge is 0.232 e. The minimum atomic E-state index is -0.0140. The molecule has 1 amide bonds. The molecule has 1 aromatic carbocycles. The Morgan fingerprint density at radius 2 is 1.90 bits per heavy atom. The van der Waals surface area contributed by atoms with Crippen LogP contribution in [-0.2, 0) is 17.9 Å². The molecule has 0 atom stereocenters.